The Labute approximate surface area is 140 Å². The van der Waals surface area contributed by atoms with Gasteiger partial charge in [0.1, 0.15) is 6.61 Å². The molecule has 124 valence electrons. The molecule has 0 aliphatic carbocycles. The van der Waals surface area contributed by atoms with Gasteiger partial charge in [-0.1, -0.05) is 31.2 Å². The van der Waals surface area contributed by atoms with Crippen LogP contribution in [0.2, 0.25) is 0 Å². The van der Waals surface area contributed by atoms with Gasteiger partial charge in [-0.2, -0.15) is 0 Å². The van der Waals surface area contributed by atoms with Crippen molar-refractivity contribution in [2.75, 3.05) is 53.0 Å². The molecule has 1 aliphatic heterocycles. The molecule has 0 spiro atoms. The van der Waals surface area contributed by atoms with Gasteiger partial charge in [-0.25, -0.2) is 0 Å². The summed E-state index contributed by atoms with van der Waals surface area (Å²) in [5.41, 5.74) is 0. The summed E-state index contributed by atoms with van der Waals surface area (Å²) in [6.45, 7) is 9.66. The Bertz CT molecular complexity index is 446. The molecule has 22 heavy (non-hydrogen) atoms. The van der Waals surface area contributed by atoms with Gasteiger partial charge in [0.05, 0.1) is 7.11 Å². The number of halogens is 1. The first kappa shape index (κ1) is 18.8. The van der Waals surface area contributed by atoms with Crippen LogP contribution in [0.25, 0.3) is 0 Å². The second-order valence-corrected chi connectivity index (χ2v) is 5.17. The van der Waals surface area contributed by atoms with Crippen molar-refractivity contribution in [1.29, 1.82) is 0 Å². The largest absolute Gasteiger partial charge is 0.493 e. The van der Waals surface area contributed by atoms with E-state index in [0.717, 1.165) is 37.7 Å². The predicted molar refractivity (Wildman–Crippen MR) is 93.4 cm³/mol. The third kappa shape index (κ3) is 5.87. The van der Waals surface area contributed by atoms with Crippen molar-refractivity contribution < 1.29 is 9.47 Å². The first-order valence-corrected chi connectivity index (χ1v) is 7.69. The Hall–Kier alpha value is -1.23. The van der Waals surface area contributed by atoms with Crippen molar-refractivity contribution in [2.24, 2.45) is 0 Å². The standard InChI is InChI=1S/C17H26N2O2.ClH/c1-3-18-11-13-19(14-12-18)10-6-7-15-21-17-9-5-4-8-16(17)20-2;/h4-9H,3,10-15H2,1-2H3;1H/b7-6+;. The highest BCUT2D eigenvalue weighted by Crippen LogP contribution is 2.25. The lowest BCUT2D eigenvalue weighted by atomic mass is 10.3. The second-order valence-electron chi connectivity index (χ2n) is 5.17. The topological polar surface area (TPSA) is 24.9 Å². The van der Waals surface area contributed by atoms with E-state index in [4.69, 9.17) is 9.47 Å². The summed E-state index contributed by atoms with van der Waals surface area (Å²) in [4.78, 5) is 4.97. The van der Waals surface area contributed by atoms with Gasteiger partial charge in [-0.15, -0.1) is 12.4 Å². The number of ether oxygens (including phenoxy) is 2. The van der Waals surface area contributed by atoms with Crippen LogP contribution in [0.3, 0.4) is 0 Å². The molecular formula is C17H27ClN2O2. The van der Waals surface area contributed by atoms with Crippen LogP contribution in [0.5, 0.6) is 11.5 Å². The second kappa shape index (κ2) is 10.5. The van der Waals surface area contributed by atoms with Gasteiger partial charge in [0.15, 0.2) is 11.5 Å². The predicted octanol–water partition coefficient (Wildman–Crippen LogP) is 2.69. The maximum Gasteiger partial charge on any atom is 0.161 e. The van der Waals surface area contributed by atoms with Crippen LogP contribution < -0.4 is 9.47 Å². The fourth-order valence-corrected chi connectivity index (χ4v) is 2.46. The summed E-state index contributed by atoms with van der Waals surface area (Å²) in [5.74, 6) is 1.57. The lowest BCUT2D eigenvalue weighted by Gasteiger charge is -2.33. The molecule has 1 aliphatic rings. The number of likely N-dealkylation sites (N-methyl/N-ethyl adjacent to an activating group) is 1. The molecule has 1 aromatic carbocycles. The minimum absolute atomic E-state index is 0. The Morgan fingerprint density at radius 2 is 1.64 bits per heavy atom. The van der Waals surface area contributed by atoms with Crippen molar-refractivity contribution in [2.45, 2.75) is 6.92 Å². The van der Waals surface area contributed by atoms with Crippen molar-refractivity contribution in [3.63, 3.8) is 0 Å². The number of benzene rings is 1. The zero-order valence-electron chi connectivity index (χ0n) is 13.5. The van der Waals surface area contributed by atoms with Crippen molar-refractivity contribution in [3.05, 3.63) is 36.4 Å². The summed E-state index contributed by atoms with van der Waals surface area (Å²) >= 11 is 0. The van der Waals surface area contributed by atoms with Crippen LogP contribution in [0, 0.1) is 0 Å². The normalized spacial score (nSPS) is 16.5. The van der Waals surface area contributed by atoms with Crippen LogP contribution >= 0.6 is 12.4 Å². The van der Waals surface area contributed by atoms with Crippen molar-refractivity contribution in [3.8, 4) is 11.5 Å². The van der Waals surface area contributed by atoms with Gasteiger partial charge in [-0.05, 0) is 18.7 Å². The van der Waals surface area contributed by atoms with Gasteiger partial charge in [0, 0.05) is 32.7 Å². The maximum absolute atomic E-state index is 5.71. The fourth-order valence-electron chi connectivity index (χ4n) is 2.46. The number of methoxy groups -OCH3 is 1. The van der Waals surface area contributed by atoms with Crippen molar-refractivity contribution >= 4 is 12.4 Å². The quantitative estimate of drug-likeness (QED) is 0.719. The number of hydrogen-bond donors (Lipinski definition) is 0. The summed E-state index contributed by atoms with van der Waals surface area (Å²) in [6, 6.07) is 7.73. The van der Waals surface area contributed by atoms with Gasteiger partial charge in [0.25, 0.3) is 0 Å². The van der Waals surface area contributed by atoms with E-state index in [2.05, 4.69) is 28.9 Å². The molecule has 2 rings (SSSR count). The number of piperazine rings is 1. The lowest BCUT2D eigenvalue weighted by Crippen LogP contribution is -2.46. The molecule has 0 amide bonds. The SMILES string of the molecule is CCN1CCN(C/C=C/COc2ccccc2OC)CC1.Cl. The van der Waals surface area contributed by atoms with E-state index in [1.54, 1.807) is 7.11 Å². The minimum atomic E-state index is 0. The highest BCUT2D eigenvalue weighted by atomic mass is 35.5. The Morgan fingerprint density at radius 1 is 1.00 bits per heavy atom. The first-order valence-electron chi connectivity index (χ1n) is 7.69. The minimum Gasteiger partial charge on any atom is -0.493 e. The monoisotopic (exact) mass is 326 g/mol. The molecule has 1 fully saturated rings. The average Bonchev–Trinajstić information content (AvgIpc) is 2.55. The number of rotatable bonds is 7. The number of hydrogen-bond acceptors (Lipinski definition) is 4. The Morgan fingerprint density at radius 3 is 2.27 bits per heavy atom. The van der Waals surface area contributed by atoms with E-state index in [1.807, 2.05) is 24.3 Å². The zero-order valence-corrected chi connectivity index (χ0v) is 14.3. The molecule has 0 aromatic heterocycles. The van der Waals surface area contributed by atoms with Gasteiger partial charge >= 0.3 is 0 Å². The zero-order chi connectivity index (χ0) is 14.9. The molecule has 0 atom stereocenters. The maximum atomic E-state index is 5.71. The molecule has 0 bridgehead atoms. The Kier molecular flexibility index (Phi) is 8.97. The molecule has 0 saturated carbocycles. The molecule has 0 unspecified atom stereocenters. The summed E-state index contributed by atoms with van der Waals surface area (Å²) < 4.78 is 11.0. The molecule has 0 N–H and O–H groups in total. The molecule has 1 heterocycles. The van der Waals surface area contributed by atoms with Crippen LogP contribution in [0.15, 0.2) is 36.4 Å². The molecule has 5 heteroatoms. The molecular weight excluding hydrogens is 300 g/mol. The van der Waals surface area contributed by atoms with E-state index >= 15 is 0 Å². The number of nitrogens with zero attached hydrogens (tertiary/aromatic N) is 2. The molecule has 1 saturated heterocycles. The highest BCUT2D eigenvalue weighted by Gasteiger charge is 2.13. The highest BCUT2D eigenvalue weighted by molar-refractivity contribution is 5.85. The smallest absolute Gasteiger partial charge is 0.161 e. The third-order valence-corrected chi connectivity index (χ3v) is 3.85. The third-order valence-electron chi connectivity index (χ3n) is 3.85. The van der Waals surface area contributed by atoms with Crippen LogP contribution in [0.4, 0.5) is 0 Å². The van der Waals surface area contributed by atoms with Gasteiger partial charge < -0.3 is 14.4 Å². The van der Waals surface area contributed by atoms with E-state index in [9.17, 15) is 0 Å². The summed E-state index contributed by atoms with van der Waals surface area (Å²) in [6.07, 6.45) is 4.27. The van der Waals surface area contributed by atoms with Crippen LogP contribution in [-0.2, 0) is 0 Å². The fraction of sp³-hybridized carbons (Fsp3) is 0.529. The van der Waals surface area contributed by atoms with E-state index < -0.39 is 0 Å². The van der Waals surface area contributed by atoms with E-state index in [1.165, 1.54) is 13.1 Å². The van der Waals surface area contributed by atoms with E-state index in [0.29, 0.717) is 6.61 Å². The first-order chi connectivity index (χ1) is 10.3. The molecule has 0 radical (unpaired) electrons. The van der Waals surface area contributed by atoms with Gasteiger partial charge in [0.2, 0.25) is 0 Å². The molecule has 4 nitrogen and oxygen atoms in total. The van der Waals surface area contributed by atoms with Gasteiger partial charge in [-0.3, -0.25) is 4.90 Å². The van der Waals surface area contributed by atoms with Crippen LogP contribution in [-0.4, -0.2) is 62.8 Å². The van der Waals surface area contributed by atoms with E-state index in [-0.39, 0.29) is 12.4 Å². The number of para-hydroxylation sites is 2. The van der Waals surface area contributed by atoms with Crippen LogP contribution in [0.1, 0.15) is 6.92 Å². The average molecular weight is 327 g/mol. The lowest BCUT2D eigenvalue weighted by molar-refractivity contribution is 0.148. The van der Waals surface area contributed by atoms with Crippen molar-refractivity contribution in [1.82, 2.24) is 9.80 Å². The molecule has 1 aromatic rings. The summed E-state index contributed by atoms with van der Waals surface area (Å²) in [7, 11) is 1.66. The Balaban J connectivity index is 0.00000242. The summed E-state index contributed by atoms with van der Waals surface area (Å²) in [5, 5.41) is 0.